The third kappa shape index (κ3) is 0.597. The highest BCUT2D eigenvalue weighted by Crippen LogP contribution is 2.20. The second kappa shape index (κ2) is 1.75. The van der Waals surface area contributed by atoms with Gasteiger partial charge in [-0.05, 0) is 14.0 Å². The SMILES string of the molecule is CC1C(C#N)CN1C. The Bertz CT molecular complexity index is 125. The highest BCUT2D eigenvalue weighted by Gasteiger charge is 2.31. The Balaban J connectivity index is 2.39. The molecule has 1 rings (SSSR count). The van der Waals surface area contributed by atoms with Gasteiger partial charge in [0, 0.05) is 12.6 Å². The number of hydrogen-bond acceptors (Lipinski definition) is 2. The second-order valence-corrected chi connectivity index (χ2v) is 2.42. The van der Waals surface area contributed by atoms with Crippen molar-refractivity contribution in [3.05, 3.63) is 0 Å². The zero-order chi connectivity index (χ0) is 6.15. The molecular formula is C6H10N2. The van der Waals surface area contributed by atoms with Gasteiger partial charge in [0.1, 0.15) is 0 Å². The topological polar surface area (TPSA) is 27.0 Å². The quantitative estimate of drug-likeness (QED) is 0.453. The van der Waals surface area contributed by atoms with Crippen LogP contribution in [0.1, 0.15) is 6.92 Å². The van der Waals surface area contributed by atoms with E-state index in [1.54, 1.807) is 0 Å². The third-order valence-corrected chi connectivity index (χ3v) is 1.93. The predicted octanol–water partition coefficient (Wildman–Crippen LogP) is 0.460. The average Bonchev–Trinajstić information content (AvgIpc) is 1.81. The number of nitrogens with zero attached hydrogens (tertiary/aromatic N) is 2. The molecule has 0 aromatic carbocycles. The first-order chi connectivity index (χ1) is 3.75. The van der Waals surface area contributed by atoms with Gasteiger partial charge in [0.2, 0.25) is 0 Å². The lowest BCUT2D eigenvalue weighted by molar-refractivity contribution is 0.0915. The summed E-state index contributed by atoms with van der Waals surface area (Å²) in [5.74, 6) is 0.292. The molecule has 1 saturated heterocycles. The van der Waals surface area contributed by atoms with E-state index in [4.69, 9.17) is 5.26 Å². The van der Waals surface area contributed by atoms with E-state index in [0.29, 0.717) is 12.0 Å². The molecule has 0 N–H and O–H groups in total. The maximum Gasteiger partial charge on any atom is 0.0742 e. The number of likely N-dealkylation sites (tertiary alicyclic amines) is 1. The summed E-state index contributed by atoms with van der Waals surface area (Å²) in [6.45, 7) is 3.04. The molecular weight excluding hydrogens is 100 g/mol. The first kappa shape index (κ1) is 5.58. The molecule has 2 heteroatoms. The summed E-state index contributed by atoms with van der Waals surface area (Å²) in [7, 11) is 2.04. The van der Waals surface area contributed by atoms with E-state index < -0.39 is 0 Å². The van der Waals surface area contributed by atoms with Crippen LogP contribution < -0.4 is 0 Å². The average molecular weight is 110 g/mol. The van der Waals surface area contributed by atoms with Crippen molar-refractivity contribution in [3.8, 4) is 6.07 Å². The summed E-state index contributed by atoms with van der Waals surface area (Å²) < 4.78 is 0. The van der Waals surface area contributed by atoms with E-state index in [-0.39, 0.29) is 0 Å². The molecule has 0 saturated carbocycles. The van der Waals surface area contributed by atoms with Crippen molar-refractivity contribution in [1.82, 2.24) is 4.90 Å². The van der Waals surface area contributed by atoms with Crippen molar-refractivity contribution >= 4 is 0 Å². The summed E-state index contributed by atoms with van der Waals surface area (Å²) in [5.41, 5.74) is 0. The van der Waals surface area contributed by atoms with Crippen LogP contribution >= 0.6 is 0 Å². The smallest absolute Gasteiger partial charge is 0.0742 e. The van der Waals surface area contributed by atoms with Crippen LogP contribution in [0.3, 0.4) is 0 Å². The van der Waals surface area contributed by atoms with E-state index in [0.717, 1.165) is 6.54 Å². The van der Waals surface area contributed by atoms with E-state index in [1.165, 1.54) is 0 Å². The van der Waals surface area contributed by atoms with Gasteiger partial charge in [0.15, 0.2) is 0 Å². The zero-order valence-corrected chi connectivity index (χ0v) is 5.26. The van der Waals surface area contributed by atoms with Crippen molar-refractivity contribution in [2.24, 2.45) is 5.92 Å². The summed E-state index contributed by atoms with van der Waals surface area (Å²) in [4.78, 5) is 2.17. The summed E-state index contributed by atoms with van der Waals surface area (Å²) in [5, 5.41) is 8.40. The Kier molecular flexibility index (Phi) is 1.22. The highest BCUT2D eigenvalue weighted by molar-refractivity contribution is 4.99. The van der Waals surface area contributed by atoms with Crippen LogP contribution in [0.2, 0.25) is 0 Å². The minimum absolute atomic E-state index is 0.292. The maximum absolute atomic E-state index is 8.40. The molecule has 0 radical (unpaired) electrons. The lowest BCUT2D eigenvalue weighted by atomic mass is 9.93. The predicted molar refractivity (Wildman–Crippen MR) is 31.2 cm³/mol. The Morgan fingerprint density at radius 1 is 1.75 bits per heavy atom. The van der Waals surface area contributed by atoms with Crippen LogP contribution in [-0.2, 0) is 0 Å². The van der Waals surface area contributed by atoms with E-state index >= 15 is 0 Å². The highest BCUT2D eigenvalue weighted by atomic mass is 15.2. The second-order valence-electron chi connectivity index (χ2n) is 2.42. The summed E-state index contributed by atoms with van der Waals surface area (Å²) in [6, 6.07) is 2.73. The molecule has 1 aliphatic heterocycles. The Morgan fingerprint density at radius 2 is 2.38 bits per heavy atom. The first-order valence-corrected chi connectivity index (χ1v) is 2.85. The molecule has 1 fully saturated rings. The van der Waals surface area contributed by atoms with Crippen molar-refractivity contribution < 1.29 is 0 Å². The van der Waals surface area contributed by atoms with Crippen LogP contribution in [0, 0.1) is 17.2 Å². The zero-order valence-electron chi connectivity index (χ0n) is 5.26. The van der Waals surface area contributed by atoms with Gasteiger partial charge in [-0.1, -0.05) is 0 Å². The van der Waals surface area contributed by atoms with E-state index in [2.05, 4.69) is 17.9 Å². The van der Waals surface area contributed by atoms with Crippen LogP contribution in [0.4, 0.5) is 0 Å². The van der Waals surface area contributed by atoms with Crippen molar-refractivity contribution in [2.45, 2.75) is 13.0 Å². The minimum atomic E-state index is 0.292. The molecule has 0 bridgehead atoms. The first-order valence-electron chi connectivity index (χ1n) is 2.85. The Morgan fingerprint density at radius 3 is 2.50 bits per heavy atom. The van der Waals surface area contributed by atoms with Crippen LogP contribution in [-0.4, -0.2) is 24.5 Å². The third-order valence-electron chi connectivity index (χ3n) is 1.93. The standard InChI is InChI=1S/C6H10N2/c1-5-6(3-7)4-8(5)2/h5-6H,4H2,1-2H3. The van der Waals surface area contributed by atoms with Crippen LogP contribution in [0.5, 0.6) is 0 Å². The molecule has 0 amide bonds. The minimum Gasteiger partial charge on any atom is -0.301 e. The molecule has 8 heavy (non-hydrogen) atoms. The normalized spacial score (nSPS) is 38.1. The van der Waals surface area contributed by atoms with Crippen LogP contribution in [0.15, 0.2) is 0 Å². The number of rotatable bonds is 0. The maximum atomic E-state index is 8.40. The van der Waals surface area contributed by atoms with Crippen molar-refractivity contribution in [2.75, 3.05) is 13.6 Å². The molecule has 0 aromatic heterocycles. The van der Waals surface area contributed by atoms with Gasteiger partial charge < -0.3 is 4.90 Å². The van der Waals surface area contributed by atoms with Crippen molar-refractivity contribution in [1.29, 1.82) is 5.26 Å². The van der Waals surface area contributed by atoms with Gasteiger partial charge in [0.05, 0.1) is 12.0 Å². The lowest BCUT2D eigenvalue weighted by Crippen LogP contribution is -2.51. The van der Waals surface area contributed by atoms with Crippen molar-refractivity contribution in [3.63, 3.8) is 0 Å². The molecule has 2 unspecified atom stereocenters. The Hall–Kier alpha value is -0.550. The van der Waals surface area contributed by atoms with Gasteiger partial charge in [-0.3, -0.25) is 0 Å². The molecule has 2 atom stereocenters. The Labute approximate surface area is 49.7 Å². The summed E-state index contributed by atoms with van der Waals surface area (Å²) in [6.07, 6.45) is 0. The number of nitriles is 1. The molecule has 2 nitrogen and oxygen atoms in total. The van der Waals surface area contributed by atoms with Gasteiger partial charge in [-0.15, -0.1) is 0 Å². The fraction of sp³-hybridized carbons (Fsp3) is 0.833. The molecule has 0 spiro atoms. The largest absolute Gasteiger partial charge is 0.301 e. The molecule has 44 valence electrons. The molecule has 0 aromatic rings. The van der Waals surface area contributed by atoms with Crippen LogP contribution in [0.25, 0.3) is 0 Å². The fourth-order valence-corrected chi connectivity index (χ4v) is 0.947. The van der Waals surface area contributed by atoms with E-state index in [1.807, 2.05) is 7.05 Å². The lowest BCUT2D eigenvalue weighted by Gasteiger charge is -2.39. The molecule has 0 aliphatic carbocycles. The molecule has 1 aliphatic rings. The fourth-order valence-electron chi connectivity index (χ4n) is 0.947. The monoisotopic (exact) mass is 110 g/mol. The van der Waals surface area contributed by atoms with Gasteiger partial charge in [0.25, 0.3) is 0 Å². The van der Waals surface area contributed by atoms with E-state index in [9.17, 15) is 0 Å². The van der Waals surface area contributed by atoms with Gasteiger partial charge >= 0.3 is 0 Å². The number of hydrogen-bond donors (Lipinski definition) is 0. The summed E-state index contributed by atoms with van der Waals surface area (Å²) >= 11 is 0. The van der Waals surface area contributed by atoms with Gasteiger partial charge in [-0.25, -0.2) is 0 Å². The van der Waals surface area contributed by atoms with Gasteiger partial charge in [-0.2, -0.15) is 5.26 Å². The molecule has 1 heterocycles.